The summed E-state index contributed by atoms with van der Waals surface area (Å²) < 4.78 is 77.6. The Morgan fingerprint density at radius 1 is 1.11 bits per heavy atom. The van der Waals surface area contributed by atoms with Gasteiger partial charge in [-0.25, -0.2) is 0 Å². The highest BCUT2D eigenvalue weighted by molar-refractivity contribution is 6.17. The third-order valence-corrected chi connectivity index (χ3v) is 2.06. The summed E-state index contributed by atoms with van der Waals surface area (Å²) in [5.41, 5.74) is 0. The normalized spacial score (nSPS) is 12.8. The standard InChI is InChI=1S/C9H12ClF6NO2/c10-2-5-19-4-1-3-17-7(18)6(8(11,12)13)9(14,15)16/h6H,1-5H2,(H,17,18). The lowest BCUT2D eigenvalue weighted by molar-refractivity contribution is -0.274. The smallest absolute Gasteiger partial charge is 0.380 e. The lowest BCUT2D eigenvalue weighted by Crippen LogP contribution is -2.48. The minimum Gasteiger partial charge on any atom is -0.380 e. The van der Waals surface area contributed by atoms with Crippen molar-refractivity contribution in [3.8, 4) is 0 Å². The summed E-state index contributed by atoms with van der Waals surface area (Å²) in [6, 6.07) is 0. The molecule has 0 aromatic rings. The molecule has 19 heavy (non-hydrogen) atoms. The molecule has 10 heteroatoms. The molecule has 0 unspecified atom stereocenters. The molecule has 0 fully saturated rings. The van der Waals surface area contributed by atoms with E-state index < -0.39 is 24.2 Å². The summed E-state index contributed by atoms with van der Waals surface area (Å²) in [5, 5.41) is 1.58. The second-order valence-electron chi connectivity index (χ2n) is 3.46. The van der Waals surface area contributed by atoms with Gasteiger partial charge in [0.05, 0.1) is 6.61 Å². The molecule has 0 saturated carbocycles. The maximum atomic E-state index is 12.1. The molecule has 0 radical (unpaired) electrons. The van der Waals surface area contributed by atoms with E-state index >= 15 is 0 Å². The Balaban J connectivity index is 4.22. The lowest BCUT2D eigenvalue weighted by Gasteiger charge is -2.21. The van der Waals surface area contributed by atoms with Crippen molar-refractivity contribution in [1.82, 2.24) is 5.32 Å². The Labute approximate surface area is 110 Å². The van der Waals surface area contributed by atoms with Gasteiger partial charge in [0.1, 0.15) is 0 Å². The van der Waals surface area contributed by atoms with Gasteiger partial charge in [-0.15, -0.1) is 11.6 Å². The van der Waals surface area contributed by atoms with Crippen LogP contribution in [0.4, 0.5) is 26.3 Å². The molecule has 0 aromatic carbocycles. The third-order valence-electron chi connectivity index (χ3n) is 1.90. The first-order chi connectivity index (χ1) is 8.60. The van der Waals surface area contributed by atoms with E-state index in [9.17, 15) is 31.1 Å². The molecule has 0 spiro atoms. The number of hydrogen-bond acceptors (Lipinski definition) is 2. The lowest BCUT2D eigenvalue weighted by atomic mass is 10.1. The number of carbonyl (C=O) groups is 1. The number of ether oxygens (including phenoxy) is 1. The van der Waals surface area contributed by atoms with E-state index in [4.69, 9.17) is 16.3 Å². The molecule has 0 bridgehead atoms. The number of alkyl halides is 7. The van der Waals surface area contributed by atoms with Crippen LogP contribution in [0.25, 0.3) is 0 Å². The van der Waals surface area contributed by atoms with Gasteiger partial charge in [0, 0.05) is 19.0 Å². The molecule has 0 aromatic heterocycles. The first-order valence-electron chi connectivity index (χ1n) is 5.15. The number of carbonyl (C=O) groups excluding carboxylic acids is 1. The quantitative estimate of drug-likeness (QED) is 0.445. The van der Waals surface area contributed by atoms with E-state index in [0.717, 1.165) is 0 Å². The Kier molecular flexibility index (Phi) is 7.50. The van der Waals surface area contributed by atoms with Crippen LogP contribution < -0.4 is 5.32 Å². The van der Waals surface area contributed by atoms with Gasteiger partial charge in [-0.3, -0.25) is 4.79 Å². The molecule has 0 saturated heterocycles. The maximum absolute atomic E-state index is 12.1. The topological polar surface area (TPSA) is 38.3 Å². The molecule has 0 atom stereocenters. The zero-order valence-corrected chi connectivity index (χ0v) is 10.3. The summed E-state index contributed by atoms with van der Waals surface area (Å²) in [6.45, 7) is -0.0529. The van der Waals surface area contributed by atoms with Crippen molar-refractivity contribution in [1.29, 1.82) is 0 Å². The number of hydrogen-bond donors (Lipinski definition) is 1. The minimum absolute atomic E-state index is 0.0791. The Hall–Kier alpha value is -0.700. The molecule has 0 rings (SSSR count). The number of amides is 1. The van der Waals surface area contributed by atoms with Crippen LogP contribution in [-0.4, -0.2) is 43.9 Å². The van der Waals surface area contributed by atoms with Crippen LogP contribution in [0.1, 0.15) is 6.42 Å². The number of halogens is 7. The molecule has 0 aliphatic carbocycles. The molecular formula is C9H12ClF6NO2. The van der Waals surface area contributed by atoms with Crippen molar-refractivity contribution < 1.29 is 35.9 Å². The summed E-state index contributed by atoms with van der Waals surface area (Å²) in [7, 11) is 0. The van der Waals surface area contributed by atoms with E-state index in [2.05, 4.69) is 0 Å². The van der Waals surface area contributed by atoms with E-state index in [1.807, 2.05) is 0 Å². The predicted molar refractivity (Wildman–Crippen MR) is 54.8 cm³/mol. The van der Waals surface area contributed by atoms with Gasteiger partial charge in [0.2, 0.25) is 11.8 Å². The molecule has 1 N–H and O–H groups in total. The van der Waals surface area contributed by atoms with Crippen molar-refractivity contribution in [2.75, 3.05) is 25.6 Å². The third kappa shape index (κ3) is 7.46. The highest BCUT2D eigenvalue weighted by Gasteiger charge is 2.60. The van der Waals surface area contributed by atoms with E-state index in [-0.39, 0.29) is 32.1 Å². The summed E-state index contributed by atoms with van der Waals surface area (Å²) in [6.07, 6.45) is -11.3. The van der Waals surface area contributed by atoms with Crippen molar-refractivity contribution in [2.45, 2.75) is 18.8 Å². The van der Waals surface area contributed by atoms with Crippen molar-refractivity contribution in [3.63, 3.8) is 0 Å². The largest absolute Gasteiger partial charge is 0.409 e. The summed E-state index contributed by atoms with van der Waals surface area (Å²) in [4.78, 5) is 10.9. The van der Waals surface area contributed by atoms with Crippen LogP contribution in [0.15, 0.2) is 0 Å². The van der Waals surface area contributed by atoms with Crippen molar-refractivity contribution >= 4 is 17.5 Å². The fourth-order valence-corrected chi connectivity index (χ4v) is 1.24. The first-order valence-corrected chi connectivity index (χ1v) is 5.69. The van der Waals surface area contributed by atoms with E-state index in [1.54, 1.807) is 5.32 Å². The monoisotopic (exact) mass is 315 g/mol. The highest BCUT2D eigenvalue weighted by atomic mass is 35.5. The molecule has 0 aliphatic heterocycles. The zero-order chi connectivity index (χ0) is 15.1. The SMILES string of the molecule is O=C(NCCCOCCCl)C(C(F)(F)F)C(F)(F)F. The van der Waals surface area contributed by atoms with Gasteiger partial charge in [0.15, 0.2) is 0 Å². The predicted octanol–water partition coefficient (Wildman–Crippen LogP) is 2.49. The average Bonchev–Trinajstić information content (AvgIpc) is 2.18. The minimum atomic E-state index is -5.67. The van der Waals surface area contributed by atoms with E-state index in [1.165, 1.54) is 0 Å². The van der Waals surface area contributed by atoms with Crippen LogP contribution in [0, 0.1) is 5.92 Å². The van der Waals surface area contributed by atoms with Gasteiger partial charge in [-0.2, -0.15) is 26.3 Å². The second-order valence-corrected chi connectivity index (χ2v) is 3.84. The molecule has 0 aliphatic rings. The number of nitrogens with one attached hydrogen (secondary N) is 1. The zero-order valence-electron chi connectivity index (χ0n) is 9.58. The molecular weight excluding hydrogens is 304 g/mol. The fraction of sp³-hybridized carbons (Fsp3) is 0.889. The molecule has 3 nitrogen and oxygen atoms in total. The van der Waals surface area contributed by atoms with Crippen LogP contribution in [0.2, 0.25) is 0 Å². The van der Waals surface area contributed by atoms with Crippen molar-refractivity contribution in [2.24, 2.45) is 5.92 Å². The van der Waals surface area contributed by atoms with Gasteiger partial charge < -0.3 is 10.1 Å². The summed E-state index contributed by atoms with van der Waals surface area (Å²) in [5.74, 6) is -5.91. The molecule has 1 amide bonds. The number of rotatable bonds is 7. The van der Waals surface area contributed by atoms with Crippen LogP contribution in [0.3, 0.4) is 0 Å². The highest BCUT2D eigenvalue weighted by Crippen LogP contribution is 2.39. The van der Waals surface area contributed by atoms with Crippen LogP contribution in [-0.2, 0) is 9.53 Å². The molecule has 0 heterocycles. The fourth-order valence-electron chi connectivity index (χ4n) is 1.13. The van der Waals surface area contributed by atoms with Crippen molar-refractivity contribution in [3.05, 3.63) is 0 Å². The van der Waals surface area contributed by atoms with Gasteiger partial charge in [-0.1, -0.05) is 0 Å². The second kappa shape index (κ2) is 7.78. The first kappa shape index (κ1) is 18.3. The summed E-state index contributed by atoms with van der Waals surface area (Å²) >= 11 is 5.26. The van der Waals surface area contributed by atoms with Crippen LogP contribution >= 0.6 is 11.6 Å². The van der Waals surface area contributed by atoms with E-state index in [0.29, 0.717) is 0 Å². The van der Waals surface area contributed by atoms with Crippen LogP contribution in [0.5, 0.6) is 0 Å². The van der Waals surface area contributed by atoms with Gasteiger partial charge in [-0.05, 0) is 6.42 Å². The Morgan fingerprint density at radius 2 is 1.63 bits per heavy atom. The van der Waals surface area contributed by atoms with Gasteiger partial charge in [0.25, 0.3) is 0 Å². The average molecular weight is 316 g/mol. The Morgan fingerprint density at radius 3 is 2.05 bits per heavy atom. The Bertz CT molecular complexity index is 267. The molecule has 114 valence electrons. The van der Waals surface area contributed by atoms with Gasteiger partial charge >= 0.3 is 12.4 Å². The maximum Gasteiger partial charge on any atom is 0.409 e.